The molecule has 9 heteroatoms. The van der Waals surface area contributed by atoms with E-state index in [-0.39, 0.29) is 18.5 Å². The molecule has 21 heavy (non-hydrogen) atoms. The zero-order valence-electron chi connectivity index (χ0n) is 10.4. The molecule has 0 aliphatic heterocycles. The Morgan fingerprint density at radius 1 is 1.24 bits per heavy atom. The number of alkyl halides is 3. The van der Waals surface area contributed by atoms with Crippen LogP contribution >= 0.6 is 0 Å². The number of aliphatic carboxylic acids is 1. The number of hydrogen-bond acceptors (Lipinski definition) is 2. The van der Waals surface area contributed by atoms with Crippen LogP contribution in [0, 0.1) is 5.82 Å². The van der Waals surface area contributed by atoms with Crippen LogP contribution in [0.25, 0.3) is 0 Å². The lowest BCUT2D eigenvalue weighted by atomic mass is 10.2. The van der Waals surface area contributed by atoms with Crippen molar-refractivity contribution in [1.82, 2.24) is 5.32 Å². The van der Waals surface area contributed by atoms with Crippen molar-refractivity contribution in [3.8, 4) is 0 Å². The second-order valence-corrected chi connectivity index (χ2v) is 4.66. The highest BCUT2D eigenvalue weighted by Crippen LogP contribution is 2.36. The summed E-state index contributed by atoms with van der Waals surface area (Å²) in [7, 11) is 0. The average Bonchev–Trinajstić information content (AvgIpc) is 3.11. The molecule has 1 fully saturated rings. The Kier molecular flexibility index (Phi) is 3.52. The van der Waals surface area contributed by atoms with E-state index in [1.54, 1.807) is 0 Å². The van der Waals surface area contributed by atoms with Gasteiger partial charge in [-0.05, 0) is 31.0 Å². The summed E-state index contributed by atoms with van der Waals surface area (Å²) in [6.45, 7) is 0. The van der Waals surface area contributed by atoms with E-state index in [0.29, 0.717) is 12.1 Å². The van der Waals surface area contributed by atoms with Gasteiger partial charge in [-0.25, -0.2) is 14.0 Å². The molecule has 114 valence electrons. The molecule has 1 aliphatic carbocycles. The minimum Gasteiger partial charge on any atom is -0.480 e. The van der Waals surface area contributed by atoms with Crippen LogP contribution in [0.4, 0.5) is 28.0 Å². The van der Waals surface area contributed by atoms with Gasteiger partial charge in [-0.3, -0.25) is 0 Å². The van der Waals surface area contributed by atoms with Gasteiger partial charge >= 0.3 is 18.2 Å². The Labute approximate surface area is 115 Å². The van der Waals surface area contributed by atoms with Crippen molar-refractivity contribution in [3.63, 3.8) is 0 Å². The van der Waals surface area contributed by atoms with Crippen molar-refractivity contribution >= 4 is 17.7 Å². The Morgan fingerprint density at radius 3 is 2.33 bits per heavy atom. The molecule has 0 bridgehead atoms. The molecule has 0 atom stereocenters. The first-order valence-electron chi connectivity index (χ1n) is 5.83. The molecule has 0 aromatic heterocycles. The number of carboxylic acid groups (broad SMARTS) is 1. The van der Waals surface area contributed by atoms with Crippen LogP contribution in [0.3, 0.4) is 0 Å². The SMILES string of the molecule is O=C(Nc1ccc(F)c(C(F)(F)F)c1)NC1(C(=O)O)CC1. The summed E-state index contributed by atoms with van der Waals surface area (Å²) in [5, 5.41) is 13.1. The van der Waals surface area contributed by atoms with Crippen molar-refractivity contribution in [2.45, 2.75) is 24.6 Å². The molecule has 0 spiro atoms. The second kappa shape index (κ2) is 4.90. The molecule has 1 aromatic carbocycles. The van der Waals surface area contributed by atoms with Crippen molar-refractivity contribution in [1.29, 1.82) is 0 Å². The third-order valence-corrected chi connectivity index (χ3v) is 3.04. The number of carboxylic acids is 1. The fourth-order valence-corrected chi connectivity index (χ4v) is 1.72. The fraction of sp³-hybridized carbons (Fsp3) is 0.333. The predicted octanol–water partition coefficient (Wildman–Crippen LogP) is 2.58. The molecule has 3 N–H and O–H groups in total. The maximum Gasteiger partial charge on any atom is 0.419 e. The Morgan fingerprint density at radius 2 is 1.86 bits per heavy atom. The van der Waals surface area contributed by atoms with Crippen LogP contribution in [0.1, 0.15) is 18.4 Å². The molecule has 0 heterocycles. The number of amides is 2. The molecule has 0 unspecified atom stereocenters. The Hall–Kier alpha value is -2.32. The number of halogens is 4. The number of anilines is 1. The summed E-state index contributed by atoms with van der Waals surface area (Å²) < 4.78 is 50.6. The highest BCUT2D eigenvalue weighted by molar-refractivity contribution is 5.95. The second-order valence-electron chi connectivity index (χ2n) is 4.66. The lowest BCUT2D eigenvalue weighted by Crippen LogP contribution is -2.45. The van der Waals surface area contributed by atoms with Gasteiger partial charge in [0.1, 0.15) is 11.4 Å². The first-order chi connectivity index (χ1) is 9.64. The molecule has 2 amide bonds. The van der Waals surface area contributed by atoms with E-state index < -0.39 is 35.1 Å². The van der Waals surface area contributed by atoms with Crippen LogP contribution in [0.15, 0.2) is 18.2 Å². The lowest BCUT2D eigenvalue weighted by molar-refractivity contribution is -0.141. The molecule has 5 nitrogen and oxygen atoms in total. The molecule has 0 saturated heterocycles. The monoisotopic (exact) mass is 306 g/mol. The number of benzene rings is 1. The predicted molar refractivity (Wildman–Crippen MR) is 63.2 cm³/mol. The van der Waals surface area contributed by atoms with Gasteiger partial charge in [-0.1, -0.05) is 0 Å². The number of urea groups is 1. The van der Waals surface area contributed by atoms with Crippen LogP contribution in [0.5, 0.6) is 0 Å². The van der Waals surface area contributed by atoms with Crippen LogP contribution in [0.2, 0.25) is 0 Å². The van der Waals surface area contributed by atoms with Crippen LogP contribution in [-0.2, 0) is 11.0 Å². The Balaban J connectivity index is 2.10. The van der Waals surface area contributed by atoms with E-state index in [9.17, 15) is 27.2 Å². The lowest BCUT2D eigenvalue weighted by Gasteiger charge is -2.14. The average molecular weight is 306 g/mol. The van der Waals surface area contributed by atoms with E-state index in [2.05, 4.69) is 10.6 Å². The molecule has 1 saturated carbocycles. The van der Waals surface area contributed by atoms with E-state index in [1.165, 1.54) is 0 Å². The largest absolute Gasteiger partial charge is 0.480 e. The molecule has 2 rings (SSSR count). The molecular weight excluding hydrogens is 296 g/mol. The van der Waals surface area contributed by atoms with Gasteiger partial charge in [-0.15, -0.1) is 0 Å². The minimum absolute atomic E-state index is 0.243. The number of carbonyl (C=O) groups is 2. The highest BCUT2D eigenvalue weighted by atomic mass is 19.4. The molecule has 1 aliphatic rings. The molecule has 1 aromatic rings. The number of nitrogens with one attached hydrogen (secondary N) is 2. The van der Waals surface area contributed by atoms with Gasteiger partial charge in [0.25, 0.3) is 0 Å². The number of rotatable bonds is 3. The highest BCUT2D eigenvalue weighted by Gasteiger charge is 2.51. The zero-order chi connectivity index (χ0) is 15.8. The minimum atomic E-state index is -4.89. The van der Waals surface area contributed by atoms with Gasteiger partial charge in [0.15, 0.2) is 0 Å². The third-order valence-electron chi connectivity index (χ3n) is 3.04. The van der Waals surface area contributed by atoms with E-state index in [0.717, 1.165) is 6.07 Å². The summed E-state index contributed by atoms with van der Waals surface area (Å²) in [4.78, 5) is 22.4. The van der Waals surface area contributed by atoms with Crippen LogP contribution < -0.4 is 10.6 Å². The summed E-state index contributed by atoms with van der Waals surface area (Å²) in [6, 6.07) is 0.997. The van der Waals surface area contributed by atoms with E-state index in [1.807, 2.05) is 0 Å². The normalized spacial score (nSPS) is 16.2. The summed E-state index contributed by atoms with van der Waals surface area (Å²) in [6.07, 6.45) is -4.41. The smallest absolute Gasteiger partial charge is 0.419 e. The van der Waals surface area contributed by atoms with Crippen molar-refractivity contribution < 1.29 is 32.3 Å². The van der Waals surface area contributed by atoms with Crippen molar-refractivity contribution in [2.75, 3.05) is 5.32 Å². The van der Waals surface area contributed by atoms with Gasteiger partial charge in [-0.2, -0.15) is 13.2 Å². The summed E-state index contributed by atoms with van der Waals surface area (Å²) in [5.74, 6) is -2.68. The number of carbonyl (C=O) groups excluding carboxylic acids is 1. The molecular formula is C12H10F4N2O3. The quantitative estimate of drug-likeness (QED) is 0.751. The van der Waals surface area contributed by atoms with Crippen molar-refractivity contribution in [2.24, 2.45) is 0 Å². The first-order valence-corrected chi connectivity index (χ1v) is 5.83. The third kappa shape index (κ3) is 3.23. The maximum absolute atomic E-state index is 13.1. The van der Waals surface area contributed by atoms with Crippen LogP contribution in [-0.4, -0.2) is 22.6 Å². The van der Waals surface area contributed by atoms with Gasteiger partial charge in [0.05, 0.1) is 5.56 Å². The van der Waals surface area contributed by atoms with Crippen molar-refractivity contribution in [3.05, 3.63) is 29.6 Å². The maximum atomic E-state index is 13.1. The molecule has 0 radical (unpaired) electrons. The fourth-order valence-electron chi connectivity index (χ4n) is 1.72. The zero-order valence-corrected chi connectivity index (χ0v) is 10.4. The van der Waals surface area contributed by atoms with Gasteiger partial charge in [0.2, 0.25) is 0 Å². The number of hydrogen-bond donors (Lipinski definition) is 3. The Bertz CT molecular complexity index is 597. The first kappa shape index (κ1) is 15.1. The summed E-state index contributed by atoms with van der Waals surface area (Å²) >= 11 is 0. The van der Waals surface area contributed by atoms with E-state index >= 15 is 0 Å². The van der Waals surface area contributed by atoms with Gasteiger partial charge < -0.3 is 15.7 Å². The van der Waals surface area contributed by atoms with E-state index in [4.69, 9.17) is 5.11 Å². The standard InChI is InChI=1S/C12H10F4N2O3/c13-8-2-1-6(5-7(8)12(14,15)16)17-10(21)18-11(3-4-11)9(19)20/h1-2,5H,3-4H2,(H,19,20)(H2,17,18,21). The summed E-state index contributed by atoms with van der Waals surface area (Å²) in [5.41, 5.74) is -3.17. The van der Waals surface area contributed by atoms with Gasteiger partial charge in [0, 0.05) is 5.69 Å². The topological polar surface area (TPSA) is 78.4 Å².